The minimum atomic E-state index is -0.277. The predicted molar refractivity (Wildman–Crippen MR) is 99.0 cm³/mol. The van der Waals surface area contributed by atoms with E-state index in [0.29, 0.717) is 17.0 Å². The van der Waals surface area contributed by atoms with Crippen LogP contribution in [-0.4, -0.2) is 24.5 Å². The van der Waals surface area contributed by atoms with Gasteiger partial charge >= 0.3 is 0 Å². The number of anilines is 1. The lowest BCUT2D eigenvalue weighted by molar-refractivity contribution is -0.118. The number of carbonyl (C=O) groups is 2. The van der Waals surface area contributed by atoms with Gasteiger partial charge in [-0.1, -0.05) is 25.1 Å². The maximum atomic E-state index is 12.1. The molecule has 0 bridgehead atoms. The molecule has 25 heavy (non-hydrogen) atoms. The summed E-state index contributed by atoms with van der Waals surface area (Å²) in [6, 6.07) is 14.5. The van der Waals surface area contributed by atoms with Crippen molar-refractivity contribution in [2.75, 3.05) is 11.9 Å². The van der Waals surface area contributed by atoms with E-state index >= 15 is 0 Å². The van der Waals surface area contributed by atoms with Gasteiger partial charge in [-0.3, -0.25) is 9.59 Å². The third-order valence-electron chi connectivity index (χ3n) is 3.76. The number of ether oxygens (including phenoxy) is 1. The van der Waals surface area contributed by atoms with E-state index in [2.05, 4.69) is 10.6 Å². The van der Waals surface area contributed by atoms with Crippen LogP contribution in [0.3, 0.4) is 0 Å². The van der Waals surface area contributed by atoms with Gasteiger partial charge in [0, 0.05) is 17.3 Å². The average molecular weight is 340 g/mol. The molecule has 0 aliphatic rings. The highest BCUT2D eigenvalue weighted by Crippen LogP contribution is 2.13. The van der Waals surface area contributed by atoms with E-state index in [9.17, 15) is 9.59 Å². The van der Waals surface area contributed by atoms with Gasteiger partial charge < -0.3 is 15.4 Å². The largest absolute Gasteiger partial charge is 0.484 e. The summed E-state index contributed by atoms with van der Waals surface area (Å²) in [7, 11) is 0. The Bertz CT molecular complexity index is 743. The van der Waals surface area contributed by atoms with Gasteiger partial charge in [0.25, 0.3) is 11.8 Å². The van der Waals surface area contributed by atoms with Gasteiger partial charge in [-0.2, -0.15) is 0 Å². The van der Waals surface area contributed by atoms with Crippen molar-refractivity contribution in [2.45, 2.75) is 33.2 Å². The summed E-state index contributed by atoms with van der Waals surface area (Å²) >= 11 is 0. The van der Waals surface area contributed by atoms with Crippen LogP contribution in [-0.2, 0) is 4.79 Å². The van der Waals surface area contributed by atoms with Crippen molar-refractivity contribution in [1.82, 2.24) is 5.32 Å². The molecule has 2 rings (SSSR count). The van der Waals surface area contributed by atoms with E-state index in [1.807, 2.05) is 39.0 Å². The van der Waals surface area contributed by atoms with Crippen molar-refractivity contribution in [2.24, 2.45) is 0 Å². The van der Waals surface area contributed by atoms with E-state index < -0.39 is 0 Å². The molecule has 0 aliphatic heterocycles. The fourth-order valence-electron chi connectivity index (χ4n) is 2.20. The number of hydrogen-bond acceptors (Lipinski definition) is 3. The highest BCUT2D eigenvalue weighted by molar-refractivity contribution is 5.97. The summed E-state index contributed by atoms with van der Waals surface area (Å²) in [4.78, 5) is 24.2. The lowest BCUT2D eigenvalue weighted by Crippen LogP contribution is -2.32. The lowest BCUT2D eigenvalue weighted by atomic mass is 10.1. The molecular weight excluding hydrogens is 316 g/mol. The molecule has 2 N–H and O–H groups in total. The Labute approximate surface area is 148 Å². The van der Waals surface area contributed by atoms with Gasteiger partial charge in [0.05, 0.1) is 0 Å². The van der Waals surface area contributed by atoms with E-state index in [0.717, 1.165) is 12.0 Å². The maximum Gasteiger partial charge on any atom is 0.262 e. The summed E-state index contributed by atoms with van der Waals surface area (Å²) in [5.74, 6) is 0.222. The van der Waals surface area contributed by atoms with Crippen molar-refractivity contribution in [3.05, 3.63) is 59.7 Å². The van der Waals surface area contributed by atoms with Crippen LogP contribution in [0.1, 0.15) is 36.2 Å². The number of nitrogens with one attached hydrogen (secondary N) is 2. The Hall–Kier alpha value is -2.82. The van der Waals surface area contributed by atoms with Gasteiger partial charge in [-0.15, -0.1) is 0 Å². The highest BCUT2D eigenvalue weighted by Gasteiger charge is 2.10. The minimum absolute atomic E-state index is 0.0905. The zero-order valence-corrected chi connectivity index (χ0v) is 14.8. The third-order valence-corrected chi connectivity index (χ3v) is 3.76. The SMILES string of the molecule is CCC(C)NC(=O)c1cccc(NC(=O)COc2cccc(C)c2)c1. The summed E-state index contributed by atoms with van der Waals surface area (Å²) in [5, 5.41) is 5.65. The zero-order valence-electron chi connectivity index (χ0n) is 14.8. The molecule has 0 saturated carbocycles. The van der Waals surface area contributed by atoms with Crippen molar-refractivity contribution in [1.29, 1.82) is 0 Å². The topological polar surface area (TPSA) is 67.4 Å². The van der Waals surface area contributed by atoms with Gasteiger partial charge in [-0.25, -0.2) is 0 Å². The maximum absolute atomic E-state index is 12.1. The van der Waals surface area contributed by atoms with Crippen LogP contribution in [0.5, 0.6) is 5.75 Å². The molecule has 0 aliphatic carbocycles. The second-order valence-electron chi connectivity index (χ2n) is 6.02. The first-order valence-electron chi connectivity index (χ1n) is 8.38. The summed E-state index contributed by atoms with van der Waals surface area (Å²) < 4.78 is 5.47. The van der Waals surface area contributed by atoms with Crippen molar-refractivity contribution in [3.63, 3.8) is 0 Å². The van der Waals surface area contributed by atoms with E-state index in [1.54, 1.807) is 30.3 Å². The van der Waals surface area contributed by atoms with Crippen LogP contribution < -0.4 is 15.4 Å². The van der Waals surface area contributed by atoms with Gasteiger partial charge in [0.15, 0.2) is 6.61 Å². The summed E-state index contributed by atoms with van der Waals surface area (Å²) in [6.45, 7) is 5.83. The Morgan fingerprint density at radius 2 is 1.88 bits per heavy atom. The normalized spacial score (nSPS) is 11.5. The van der Waals surface area contributed by atoms with Crippen LogP contribution in [0, 0.1) is 6.92 Å². The van der Waals surface area contributed by atoms with E-state index in [4.69, 9.17) is 4.74 Å². The summed E-state index contributed by atoms with van der Waals surface area (Å²) in [5.41, 5.74) is 2.14. The molecule has 5 heteroatoms. The van der Waals surface area contributed by atoms with Crippen LogP contribution in [0.25, 0.3) is 0 Å². The lowest BCUT2D eigenvalue weighted by Gasteiger charge is -2.12. The molecule has 0 radical (unpaired) electrons. The molecule has 0 aromatic heterocycles. The molecule has 132 valence electrons. The van der Waals surface area contributed by atoms with E-state index in [-0.39, 0.29) is 24.5 Å². The van der Waals surface area contributed by atoms with Crippen LogP contribution in [0.2, 0.25) is 0 Å². The van der Waals surface area contributed by atoms with Crippen LogP contribution in [0.15, 0.2) is 48.5 Å². The Morgan fingerprint density at radius 1 is 1.12 bits per heavy atom. The second kappa shape index (κ2) is 8.87. The van der Waals surface area contributed by atoms with Crippen LogP contribution in [0.4, 0.5) is 5.69 Å². The van der Waals surface area contributed by atoms with Crippen molar-refractivity contribution < 1.29 is 14.3 Å². The van der Waals surface area contributed by atoms with Gasteiger partial charge in [0.2, 0.25) is 0 Å². The van der Waals surface area contributed by atoms with Gasteiger partial charge in [-0.05, 0) is 56.2 Å². The van der Waals surface area contributed by atoms with Crippen molar-refractivity contribution in [3.8, 4) is 5.75 Å². The second-order valence-corrected chi connectivity index (χ2v) is 6.02. The molecule has 0 heterocycles. The number of aryl methyl sites for hydroxylation is 1. The number of carbonyl (C=O) groups excluding carboxylic acids is 2. The molecule has 2 aromatic carbocycles. The first kappa shape index (κ1) is 18.5. The predicted octanol–water partition coefficient (Wildman–Crippen LogP) is 3.54. The number of amides is 2. The number of rotatable bonds is 7. The molecule has 0 spiro atoms. The van der Waals surface area contributed by atoms with Crippen molar-refractivity contribution >= 4 is 17.5 Å². The Morgan fingerprint density at radius 3 is 2.60 bits per heavy atom. The number of benzene rings is 2. The number of hydrogen-bond donors (Lipinski definition) is 2. The molecule has 5 nitrogen and oxygen atoms in total. The fraction of sp³-hybridized carbons (Fsp3) is 0.300. The quantitative estimate of drug-likeness (QED) is 0.810. The minimum Gasteiger partial charge on any atom is -0.484 e. The smallest absolute Gasteiger partial charge is 0.262 e. The first-order valence-corrected chi connectivity index (χ1v) is 8.38. The standard InChI is InChI=1S/C20H24N2O3/c1-4-15(3)21-20(24)16-8-6-9-17(12-16)22-19(23)13-25-18-10-5-7-14(2)11-18/h5-12,15H,4,13H2,1-3H3,(H,21,24)(H,22,23). The summed E-state index contributed by atoms with van der Waals surface area (Å²) in [6.07, 6.45) is 0.860. The monoisotopic (exact) mass is 340 g/mol. The highest BCUT2D eigenvalue weighted by atomic mass is 16.5. The van der Waals surface area contributed by atoms with Crippen LogP contribution >= 0.6 is 0 Å². The molecule has 0 saturated heterocycles. The Kier molecular flexibility index (Phi) is 6.57. The van der Waals surface area contributed by atoms with E-state index in [1.165, 1.54) is 0 Å². The average Bonchev–Trinajstić information content (AvgIpc) is 2.60. The molecule has 0 fully saturated rings. The molecule has 2 aromatic rings. The fourth-order valence-corrected chi connectivity index (χ4v) is 2.20. The zero-order chi connectivity index (χ0) is 18.2. The Balaban J connectivity index is 1.92. The molecular formula is C20H24N2O3. The molecule has 1 unspecified atom stereocenters. The first-order chi connectivity index (χ1) is 12.0. The third kappa shape index (κ3) is 5.95. The van der Waals surface area contributed by atoms with Gasteiger partial charge in [0.1, 0.15) is 5.75 Å². The molecule has 2 amide bonds. The molecule has 1 atom stereocenters.